The predicted octanol–water partition coefficient (Wildman–Crippen LogP) is 3.49. The average molecular weight is 313 g/mol. The fourth-order valence-corrected chi connectivity index (χ4v) is 5.53. The molecule has 0 aliphatic heterocycles. The van der Waals surface area contributed by atoms with Crippen LogP contribution in [-0.4, -0.2) is 45.8 Å². The van der Waals surface area contributed by atoms with Gasteiger partial charge in [-0.15, -0.1) is 23.5 Å². The summed E-state index contributed by atoms with van der Waals surface area (Å²) in [5.74, 6) is 0.657. The summed E-state index contributed by atoms with van der Waals surface area (Å²) in [6, 6.07) is 0. The third kappa shape index (κ3) is 6.41. The summed E-state index contributed by atoms with van der Waals surface area (Å²) in [4.78, 5) is 11.5. The summed E-state index contributed by atoms with van der Waals surface area (Å²) in [6.07, 6.45) is 1.05. The quantitative estimate of drug-likeness (QED) is 0.465. The highest BCUT2D eigenvalue weighted by Gasteiger charge is 2.40. The van der Waals surface area contributed by atoms with Gasteiger partial charge in [-0.1, -0.05) is 18.4 Å². The molecule has 0 aliphatic carbocycles. The largest absolute Gasteiger partial charge is 0.480 e. The molecular formula is C11H22O4PS2+. The maximum Gasteiger partial charge on any atom is 0.367 e. The summed E-state index contributed by atoms with van der Waals surface area (Å²) < 4.78 is 15.9. The van der Waals surface area contributed by atoms with Crippen LogP contribution >= 0.6 is 31.3 Å². The van der Waals surface area contributed by atoms with E-state index in [0.717, 1.165) is 11.5 Å². The van der Waals surface area contributed by atoms with Gasteiger partial charge < -0.3 is 9.84 Å². The molecule has 0 saturated heterocycles. The lowest BCUT2D eigenvalue weighted by Crippen LogP contribution is -2.33. The topological polar surface area (TPSA) is 63.6 Å². The van der Waals surface area contributed by atoms with Gasteiger partial charge >= 0.3 is 13.8 Å². The van der Waals surface area contributed by atoms with Gasteiger partial charge in [0.05, 0.1) is 0 Å². The van der Waals surface area contributed by atoms with Crippen LogP contribution in [0.2, 0.25) is 0 Å². The zero-order chi connectivity index (χ0) is 14.0. The second-order valence-electron chi connectivity index (χ2n) is 3.50. The molecule has 0 aliphatic rings. The first-order valence-electron chi connectivity index (χ1n) is 6.03. The first-order chi connectivity index (χ1) is 8.52. The second kappa shape index (κ2) is 10.1. The number of carboxylic acids is 1. The standard InChI is InChI=1S/C11H21O4PS2/c1-4-15-9-16(14)8-7-11(10(12)13,17-5-2)18-6-3/h4-9H2,1-3H3/p+1. The van der Waals surface area contributed by atoms with Gasteiger partial charge in [0.1, 0.15) is 0 Å². The summed E-state index contributed by atoms with van der Waals surface area (Å²) in [7, 11) is -1.46. The van der Waals surface area contributed by atoms with Gasteiger partial charge in [-0.05, 0) is 18.4 Å². The van der Waals surface area contributed by atoms with E-state index in [-0.39, 0.29) is 6.35 Å². The Morgan fingerprint density at radius 1 is 1.28 bits per heavy atom. The smallest absolute Gasteiger partial charge is 0.367 e. The van der Waals surface area contributed by atoms with E-state index in [2.05, 4.69) is 0 Å². The molecule has 4 nitrogen and oxygen atoms in total. The van der Waals surface area contributed by atoms with E-state index < -0.39 is 17.8 Å². The summed E-state index contributed by atoms with van der Waals surface area (Å²) in [6.45, 7) is 6.28. The van der Waals surface area contributed by atoms with Crippen LogP contribution < -0.4 is 0 Å². The number of ether oxygens (including phenoxy) is 1. The Bertz CT molecular complexity index is 268. The molecule has 0 rings (SSSR count). The van der Waals surface area contributed by atoms with Crippen LogP contribution in [0.15, 0.2) is 0 Å². The summed E-state index contributed by atoms with van der Waals surface area (Å²) >= 11 is 2.83. The van der Waals surface area contributed by atoms with Gasteiger partial charge in [-0.3, -0.25) is 0 Å². The Kier molecular flexibility index (Phi) is 10.2. The van der Waals surface area contributed by atoms with Crippen molar-refractivity contribution >= 4 is 37.3 Å². The molecule has 1 atom stereocenters. The van der Waals surface area contributed by atoms with E-state index >= 15 is 0 Å². The summed E-state index contributed by atoms with van der Waals surface area (Å²) in [5.41, 5.74) is 0. The van der Waals surface area contributed by atoms with E-state index in [1.54, 1.807) is 0 Å². The Morgan fingerprint density at radius 2 is 1.83 bits per heavy atom. The highest BCUT2D eigenvalue weighted by atomic mass is 32.2. The van der Waals surface area contributed by atoms with Crippen LogP contribution in [-0.2, 0) is 14.1 Å². The SMILES string of the molecule is CCOC[P+](=O)CCC(SCC)(SCC)C(=O)O. The molecule has 0 spiro atoms. The third-order valence-electron chi connectivity index (χ3n) is 2.21. The molecule has 0 heterocycles. The van der Waals surface area contributed by atoms with Gasteiger partial charge in [0.2, 0.25) is 6.35 Å². The number of hydrogen-bond acceptors (Lipinski definition) is 5. The maximum atomic E-state index is 11.7. The molecule has 1 unspecified atom stereocenters. The number of hydrogen-bond donors (Lipinski definition) is 1. The van der Waals surface area contributed by atoms with E-state index in [1.165, 1.54) is 23.5 Å². The van der Waals surface area contributed by atoms with Crippen molar-refractivity contribution in [2.45, 2.75) is 31.3 Å². The molecule has 7 heteroatoms. The predicted molar refractivity (Wildman–Crippen MR) is 80.2 cm³/mol. The molecule has 106 valence electrons. The molecule has 0 aromatic heterocycles. The molecule has 0 fully saturated rings. The minimum absolute atomic E-state index is 0.231. The average Bonchev–Trinajstić information content (AvgIpc) is 2.33. The van der Waals surface area contributed by atoms with Crippen molar-refractivity contribution in [2.24, 2.45) is 0 Å². The molecule has 0 amide bonds. The monoisotopic (exact) mass is 313 g/mol. The molecule has 0 aromatic carbocycles. The first kappa shape index (κ1) is 18.2. The molecule has 0 aromatic rings. The van der Waals surface area contributed by atoms with Crippen LogP contribution in [0.3, 0.4) is 0 Å². The van der Waals surface area contributed by atoms with Crippen molar-refractivity contribution in [1.82, 2.24) is 0 Å². The van der Waals surface area contributed by atoms with Crippen molar-refractivity contribution in [1.29, 1.82) is 0 Å². The lowest BCUT2D eigenvalue weighted by molar-refractivity contribution is -0.137. The van der Waals surface area contributed by atoms with Crippen molar-refractivity contribution in [3.8, 4) is 0 Å². The van der Waals surface area contributed by atoms with Gasteiger partial charge in [0, 0.05) is 13.0 Å². The fraction of sp³-hybridized carbons (Fsp3) is 0.909. The van der Waals surface area contributed by atoms with E-state index in [9.17, 15) is 14.5 Å². The highest BCUT2D eigenvalue weighted by Crippen LogP contribution is 2.42. The van der Waals surface area contributed by atoms with Crippen molar-refractivity contribution in [3.63, 3.8) is 0 Å². The normalized spacial score (nSPS) is 12.5. The zero-order valence-electron chi connectivity index (χ0n) is 11.2. The molecule has 0 radical (unpaired) electrons. The fourth-order valence-electron chi connectivity index (χ4n) is 1.41. The molecule has 1 N–H and O–H groups in total. The Hall–Kier alpha value is 0.230. The highest BCUT2D eigenvalue weighted by molar-refractivity contribution is 8.19. The number of thioether (sulfide) groups is 2. The second-order valence-corrected chi connectivity index (χ2v) is 8.55. The first-order valence-corrected chi connectivity index (χ1v) is 9.63. The number of rotatable bonds is 11. The molecule has 0 saturated carbocycles. The summed E-state index contributed by atoms with van der Waals surface area (Å²) in [5, 5.41) is 9.41. The number of carboxylic acid groups (broad SMARTS) is 1. The maximum absolute atomic E-state index is 11.7. The van der Waals surface area contributed by atoms with Crippen LogP contribution in [0.5, 0.6) is 0 Å². The van der Waals surface area contributed by atoms with Crippen molar-refractivity contribution < 1.29 is 19.2 Å². The third-order valence-corrected chi connectivity index (χ3v) is 6.38. The van der Waals surface area contributed by atoms with E-state index in [4.69, 9.17) is 4.74 Å². The molecular weight excluding hydrogens is 291 g/mol. The Balaban J connectivity index is 4.48. The lowest BCUT2D eigenvalue weighted by atomic mass is 10.3. The van der Waals surface area contributed by atoms with Crippen LogP contribution in [0.1, 0.15) is 27.2 Å². The van der Waals surface area contributed by atoms with Gasteiger partial charge in [-0.25, -0.2) is 4.79 Å². The lowest BCUT2D eigenvalue weighted by Gasteiger charge is -2.25. The van der Waals surface area contributed by atoms with Crippen LogP contribution in [0.4, 0.5) is 0 Å². The van der Waals surface area contributed by atoms with Gasteiger partial charge in [0.25, 0.3) is 0 Å². The van der Waals surface area contributed by atoms with Crippen LogP contribution in [0, 0.1) is 0 Å². The van der Waals surface area contributed by atoms with Gasteiger partial charge in [-0.2, -0.15) is 0 Å². The van der Waals surface area contributed by atoms with Crippen molar-refractivity contribution in [3.05, 3.63) is 0 Å². The van der Waals surface area contributed by atoms with Crippen LogP contribution in [0.25, 0.3) is 0 Å². The molecule has 18 heavy (non-hydrogen) atoms. The minimum atomic E-state index is -1.46. The number of carbonyl (C=O) groups is 1. The Labute approximate surface area is 118 Å². The van der Waals surface area contributed by atoms with Gasteiger partial charge in [0.15, 0.2) is 10.2 Å². The molecule has 0 bridgehead atoms. The Morgan fingerprint density at radius 3 is 2.22 bits per heavy atom. The van der Waals surface area contributed by atoms with E-state index in [0.29, 0.717) is 19.2 Å². The minimum Gasteiger partial charge on any atom is -0.480 e. The zero-order valence-corrected chi connectivity index (χ0v) is 13.7. The van der Waals surface area contributed by atoms with E-state index in [1.807, 2.05) is 20.8 Å². The number of aliphatic carboxylic acids is 1. The van der Waals surface area contributed by atoms with Crippen molar-refractivity contribution in [2.75, 3.05) is 30.6 Å².